The van der Waals surface area contributed by atoms with E-state index in [1.54, 1.807) is 6.20 Å². The number of rotatable bonds is 4. The fraction of sp³-hybridized carbons (Fsp3) is 0.364. The van der Waals surface area contributed by atoms with Gasteiger partial charge in [-0.15, -0.1) is 0 Å². The van der Waals surface area contributed by atoms with Crippen molar-refractivity contribution in [2.24, 2.45) is 5.84 Å². The third kappa shape index (κ3) is 2.26. The molecule has 0 radical (unpaired) electrons. The molecule has 3 N–H and O–H groups in total. The van der Waals surface area contributed by atoms with E-state index in [0.29, 0.717) is 5.82 Å². The third-order valence-electron chi connectivity index (χ3n) is 2.49. The number of aryl methyl sites for hydroxylation is 2. The number of aromatic nitrogens is 4. The molecule has 2 aromatic heterocycles. The van der Waals surface area contributed by atoms with Crippen LogP contribution in [0.1, 0.15) is 25.5 Å². The van der Waals surface area contributed by atoms with Crippen molar-refractivity contribution in [1.29, 1.82) is 0 Å². The van der Waals surface area contributed by atoms with Crippen molar-refractivity contribution >= 4 is 5.82 Å². The lowest BCUT2D eigenvalue weighted by Gasteiger charge is -2.05. The first kappa shape index (κ1) is 11.5. The number of nitrogens with one attached hydrogen (secondary N) is 1. The van der Waals surface area contributed by atoms with Crippen molar-refractivity contribution in [3.63, 3.8) is 0 Å². The molecule has 0 aliphatic heterocycles. The molecule has 2 heterocycles. The van der Waals surface area contributed by atoms with Crippen LogP contribution in [0.15, 0.2) is 18.3 Å². The standard InChI is InChI=1S/C11H16N6/c1-3-9-14-11(4-2)17(16-9)8-5-6-13-10(7-8)15-12/h5-7H,3-4,12H2,1-2H3,(H,13,15). The predicted molar refractivity (Wildman–Crippen MR) is 65.7 cm³/mol. The zero-order valence-corrected chi connectivity index (χ0v) is 10.0. The molecule has 0 bridgehead atoms. The van der Waals surface area contributed by atoms with Crippen LogP contribution >= 0.6 is 0 Å². The Labute approximate surface area is 99.9 Å². The molecule has 0 spiro atoms. The smallest absolute Gasteiger partial charge is 0.151 e. The van der Waals surface area contributed by atoms with E-state index < -0.39 is 0 Å². The van der Waals surface area contributed by atoms with Gasteiger partial charge in [-0.2, -0.15) is 5.10 Å². The Morgan fingerprint density at radius 2 is 2.18 bits per heavy atom. The van der Waals surface area contributed by atoms with Crippen LogP contribution in [-0.4, -0.2) is 19.7 Å². The molecule has 0 aliphatic rings. The van der Waals surface area contributed by atoms with Gasteiger partial charge in [-0.05, 0) is 6.07 Å². The number of nitrogens with zero attached hydrogens (tertiary/aromatic N) is 4. The minimum absolute atomic E-state index is 0.609. The lowest BCUT2D eigenvalue weighted by molar-refractivity contribution is 0.789. The zero-order valence-electron chi connectivity index (χ0n) is 10.0. The average Bonchev–Trinajstić information content (AvgIpc) is 2.82. The van der Waals surface area contributed by atoms with Gasteiger partial charge in [0.15, 0.2) is 5.82 Å². The molecular formula is C11H16N6. The van der Waals surface area contributed by atoms with Gasteiger partial charge in [-0.25, -0.2) is 20.5 Å². The Bertz CT molecular complexity index is 504. The van der Waals surface area contributed by atoms with Gasteiger partial charge in [-0.3, -0.25) is 0 Å². The molecule has 6 heteroatoms. The van der Waals surface area contributed by atoms with Crippen LogP contribution in [-0.2, 0) is 12.8 Å². The molecule has 0 aliphatic carbocycles. The highest BCUT2D eigenvalue weighted by Gasteiger charge is 2.09. The van der Waals surface area contributed by atoms with E-state index in [-0.39, 0.29) is 0 Å². The van der Waals surface area contributed by atoms with Crippen molar-refractivity contribution in [2.45, 2.75) is 26.7 Å². The molecule has 2 aromatic rings. The second-order valence-corrected chi connectivity index (χ2v) is 3.61. The summed E-state index contributed by atoms with van der Waals surface area (Å²) in [7, 11) is 0. The Balaban J connectivity index is 2.47. The average molecular weight is 232 g/mol. The first-order valence-electron chi connectivity index (χ1n) is 5.66. The monoisotopic (exact) mass is 232 g/mol. The van der Waals surface area contributed by atoms with Gasteiger partial charge < -0.3 is 5.43 Å². The summed E-state index contributed by atoms with van der Waals surface area (Å²) in [6, 6.07) is 3.72. The summed E-state index contributed by atoms with van der Waals surface area (Å²) < 4.78 is 1.83. The van der Waals surface area contributed by atoms with Gasteiger partial charge in [0.2, 0.25) is 0 Å². The molecule has 0 amide bonds. The molecule has 0 aromatic carbocycles. The van der Waals surface area contributed by atoms with E-state index in [1.807, 2.05) is 23.7 Å². The molecule has 90 valence electrons. The van der Waals surface area contributed by atoms with Crippen LogP contribution in [0.2, 0.25) is 0 Å². The van der Waals surface area contributed by atoms with Crippen LogP contribution in [0.4, 0.5) is 5.82 Å². The highest BCUT2D eigenvalue weighted by atomic mass is 15.4. The van der Waals surface area contributed by atoms with Crippen LogP contribution < -0.4 is 11.3 Å². The Hall–Kier alpha value is -1.95. The van der Waals surface area contributed by atoms with Crippen molar-refractivity contribution in [3.8, 4) is 5.69 Å². The van der Waals surface area contributed by atoms with Crippen molar-refractivity contribution in [2.75, 3.05) is 5.43 Å². The highest BCUT2D eigenvalue weighted by Crippen LogP contribution is 2.13. The topological polar surface area (TPSA) is 81.7 Å². The van der Waals surface area contributed by atoms with E-state index in [9.17, 15) is 0 Å². The van der Waals surface area contributed by atoms with Gasteiger partial charge in [0, 0.05) is 25.1 Å². The van der Waals surface area contributed by atoms with Crippen LogP contribution in [0.5, 0.6) is 0 Å². The normalized spacial score (nSPS) is 10.5. The van der Waals surface area contributed by atoms with Gasteiger partial charge in [0.05, 0.1) is 5.69 Å². The number of anilines is 1. The SMILES string of the molecule is CCc1nc(CC)n(-c2ccnc(NN)c2)n1. The van der Waals surface area contributed by atoms with Gasteiger partial charge in [-0.1, -0.05) is 13.8 Å². The van der Waals surface area contributed by atoms with E-state index in [4.69, 9.17) is 5.84 Å². The predicted octanol–water partition coefficient (Wildman–Crippen LogP) is 1.07. The molecular weight excluding hydrogens is 216 g/mol. The lowest BCUT2D eigenvalue weighted by Crippen LogP contribution is -2.10. The summed E-state index contributed by atoms with van der Waals surface area (Å²) in [6.45, 7) is 4.10. The second-order valence-electron chi connectivity index (χ2n) is 3.61. The summed E-state index contributed by atoms with van der Waals surface area (Å²) in [5, 5.41) is 4.45. The molecule has 6 nitrogen and oxygen atoms in total. The van der Waals surface area contributed by atoms with Crippen LogP contribution in [0.25, 0.3) is 5.69 Å². The van der Waals surface area contributed by atoms with E-state index in [2.05, 4.69) is 27.4 Å². The lowest BCUT2D eigenvalue weighted by atomic mass is 10.3. The van der Waals surface area contributed by atoms with E-state index >= 15 is 0 Å². The summed E-state index contributed by atoms with van der Waals surface area (Å²) in [4.78, 5) is 8.53. The second kappa shape index (κ2) is 4.92. The number of hydrazine groups is 1. The maximum atomic E-state index is 5.34. The molecule has 0 saturated carbocycles. The largest absolute Gasteiger partial charge is 0.308 e. The third-order valence-corrected chi connectivity index (χ3v) is 2.49. The van der Waals surface area contributed by atoms with Gasteiger partial charge >= 0.3 is 0 Å². The maximum Gasteiger partial charge on any atom is 0.151 e. The maximum absolute atomic E-state index is 5.34. The molecule has 0 unspecified atom stereocenters. The fourth-order valence-corrected chi connectivity index (χ4v) is 1.61. The number of nitrogen functional groups attached to an aromatic ring is 1. The number of nitrogens with two attached hydrogens (primary N) is 1. The van der Waals surface area contributed by atoms with Gasteiger partial charge in [0.1, 0.15) is 11.6 Å². The van der Waals surface area contributed by atoms with E-state index in [1.165, 1.54) is 0 Å². The fourth-order valence-electron chi connectivity index (χ4n) is 1.61. The number of hydrogen-bond acceptors (Lipinski definition) is 5. The Kier molecular flexibility index (Phi) is 3.34. The highest BCUT2D eigenvalue weighted by molar-refractivity contribution is 5.43. The minimum atomic E-state index is 0.609. The molecule has 0 atom stereocenters. The summed E-state index contributed by atoms with van der Waals surface area (Å²) >= 11 is 0. The summed E-state index contributed by atoms with van der Waals surface area (Å²) in [6.07, 6.45) is 3.35. The first-order valence-corrected chi connectivity index (χ1v) is 5.66. The van der Waals surface area contributed by atoms with Crippen molar-refractivity contribution in [3.05, 3.63) is 30.0 Å². The Morgan fingerprint density at radius 1 is 1.35 bits per heavy atom. The number of pyridine rings is 1. The van der Waals surface area contributed by atoms with Gasteiger partial charge in [0.25, 0.3) is 0 Å². The molecule has 2 rings (SSSR count). The van der Waals surface area contributed by atoms with Crippen LogP contribution in [0, 0.1) is 0 Å². The van der Waals surface area contributed by atoms with Crippen LogP contribution in [0.3, 0.4) is 0 Å². The first-order chi connectivity index (χ1) is 8.28. The van der Waals surface area contributed by atoms with Crippen molar-refractivity contribution < 1.29 is 0 Å². The quantitative estimate of drug-likeness (QED) is 0.608. The Morgan fingerprint density at radius 3 is 2.82 bits per heavy atom. The van der Waals surface area contributed by atoms with Crippen molar-refractivity contribution in [1.82, 2.24) is 19.7 Å². The minimum Gasteiger partial charge on any atom is -0.308 e. The van der Waals surface area contributed by atoms with E-state index in [0.717, 1.165) is 30.2 Å². The summed E-state index contributed by atoms with van der Waals surface area (Å²) in [5.74, 6) is 7.74. The molecule has 0 fully saturated rings. The molecule has 0 saturated heterocycles. The summed E-state index contributed by atoms with van der Waals surface area (Å²) in [5.41, 5.74) is 3.44. The molecule has 17 heavy (non-hydrogen) atoms. The zero-order chi connectivity index (χ0) is 12.3. The number of hydrogen-bond donors (Lipinski definition) is 2.